The molecule has 18 heavy (non-hydrogen) atoms. The molecule has 2 nitrogen and oxygen atoms in total. The van der Waals surface area contributed by atoms with Crippen molar-refractivity contribution in [2.24, 2.45) is 0 Å². The van der Waals surface area contributed by atoms with Gasteiger partial charge in [-0.3, -0.25) is 0 Å². The molecular formula is C14H13Br2NO. The molecule has 0 fully saturated rings. The lowest BCUT2D eigenvalue weighted by Gasteiger charge is -2.11. The number of halogens is 2. The highest BCUT2D eigenvalue weighted by molar-refractivity contribution is 9.10. The van der Waals surface area contributed by atoms with Gasteiger partial charge in [0.05, 0.1) is 0 Å². The summed E-state index contributed by atoms with van der Waals surface area (Å²) in [5.74, 6) is 1.46. The van der Waals surface area contributed by atoms with E-state index >= 15 is 0 Å². The normalized spacial score (nSPS) is 10.4. The van der Waals surface area contributed by atoms with E-state index < -0.39 is 0 Å². The molecule has 0 unspecified atom stereocenters. The van der Waals surface area contributed by atoms with Gasteiger partial charge < -0.3 is 4.74 Å². The molecule has 1 aromatic heterocycles. The van der Waals surface area contributed by atoms with Gasteiger partial charge in [-0.15, -0.1) is 0 Å². The van der Waals surface area contributed by atoms with Crippen molar-refractivity contribution in [1.29, 1.82) is 0 Å². The summed E-state index contributed by atoms with van der Waals surface area (Å²) in [5.41, 5.74) is 3.35. The minimum atomic E-state index is 0.649. The Morgan fingerprint density at radius 1 is 1.22 bits per heavy atom. The number of aryl methyl sites for hydroxylation is 2. The lowest BCUT2D eigenvalue weighted by atomic mass is 10.1. The maximum Gasteiger partial charge on any atom is 0.223 e. The average molecular weight is 371 g/mol. The first kappa shape index (κ1) is 13.6. The fraction of sp³-hybridized carbons (Fsp3) is 0.214. The summed E-state index contributed by atoms with van der Waals surface area (Å²) in [6.45, 7) is 4.10. The average Bonchev–Trinajstić information content (AvgIpc) is 2.36. The molecule has 1 heterocycles. The summed E-state index contributed by atoms with van der Waals surface area (Å²) in [5, 5.41) is 0.727. The third kappa shape index (κ3) is 2.93. The molecule has 0 saturated heterocycles. The first-order valence-electron chi connectivity index (χ1n) is 5.56. The fourth-order valence-electron chi connectivity index (χ4n) is 1.69. The molecule has 1 aromatic carbocycles. The topological polar surface area (TPSA) is 22.1 Å². The van der Waals surface area contributed by atoms with Crippen molar-refractivity contribution >= 4 is 31.9 Å². The van der Waals surface area contributed by atoms with E-state index in [9.17, 15) is 0 Å². The molecule has 0 N–H and O–H groups in total. The van der Waals surface area contributed by atoms with Crippen LogP contribution in [-0.4, -0.2) is 4.98 Å². The predicted molar refractivity (Wildman–Crippen MR) is 80.6 cm³/mol. The van der Waals surface area contributed by atoms with Crippen LogP contribution in [0, 0.1) is 13.8 Å². The minimum Gasteiger partial charge on any atom is -0.439 e. The number of aromatic nitrogens is 1. The molecule has 2 aromatic rings. The number of ether oxygens (including phenoxy) is 1. The highest BCUT2D eigenvalue weighted by Gasteiger charge is 2.07. The van der Waals surface area contributed by atoms with Crippen molar-refractivity contribution in [3.05, 3.63) is 51.6 Å². The van der Waals surface area contributed by atoms with E-state index in [2.05, 4.69) is 36.8 Å². The summed E-state index contributed by atoms with van der Waals surface area (Å²) in [4.78, 5) is 4.26. The third-order valence-electron chi connectivity index (χ3n) is 2.62. The maximum atomic E-state index is 5.86. The summed E-state index contributed by atoms with van der Waals surface area (Å²) >= 11 is 6.98. The Morgan fingerprint density at radius 2 is 1.89 bits per heavy atom. The molecular weight excluding hydrogens is 358 g/mol. The summed E-state index contributed by atoms with van der Waals surface area (Å²) in [6.07, 6.45) is 1.74. The second kappa shape index (κ2) is 5.85. The molecule has 0 atom stereocenters. The summed E-state index contributed by atoms with van der Waals surface area (Å²) in [6, 6.07) is 7.91. The number of benzene rings is 1. The van der Waals surface area contributed by atoms with Crippen LogP contribution in [0.25, 0.3) is 0 Å². The Hall–Kier alpha value is -0.870. The van der Waals surface area contributed by atoms with Gasteiger partial charge in [0.2, 0.25) is 5.88 Å². The van der Waals surface area contributed by atoms with E-state index in [0.29, 0.717) is 5.88 Å². The quantitative estimate of drug-likeness (QED) is 0.697. The first-order chi connectivity index (χ1) is 8.61. The van der Waals surface area contributed by atoms with Crippen LogP contribution in [0.4, 0.5) is 0 Å². The van der Waals surface area contributed by atoms with Crippen molar-refractivity contribution in [3.63, 3.8) is 0 Å². The monoisotopic (exact) mass is 369 g/mol. The van der Waals surface area contributed by atoms with Crippen molar-refractivity contribution in [3.8, 4) is 11.6 Å². The minimum absolute atomic E-state index is 0.649. The SMILES string of the molecule is Cc1cc(Oc2ncccc2CBr)cc(C)c1Br. The van der Waals surface area contributed by atoms with Crippen LogP contribution in [0.2, 0.25) is 0 Å². The molecule has 4 heteroatoms. The molecule has 0 radical (unpaired) electrons. The van der Waals surface area contributed by atoms with E-state index in [1.54, 1.807) is 6.20 Å². The molecule has 0 aliphatic heterocycles. The summed E-state index contributed by atoms with van der Waals surface area (Å²) < 4.78 is 6.98. The van der Waals surface area contributed by atoms with Gasteiger partial charge in [-0.05, 0) is 43.2 Å². The van der Waals surface area contributed by atoms with Crippen LogP contribution in [0.1, 0.15) is 16.7 Å². The van der Waals surface area contributed by atoms with E-state index in [0.717, 1.165) is 32.2 Å². The molecule has 2 rings (SSSR count). The Balaban J connectivity index is 2.34. The van der Waals surface area contributed by atoms with Crippen molar-refractivity contribution < 1.29 is 4.74 Å². The highest BCUT2D eigenvalue weighted by Crippen LogP contribution is 2.30. The lowest BCUT2D eigenvalue weighted by molar-refractivity contribution is 0.458. The standard InChI is InChI=1S/C14H13Br2NO/c1-9-6-12(7-10(2)13(9)16)18-14-11(8-15)4-3-5-17-14/h3-7H,8H2,1-2H3. The van der Waals surface area contributed by atoms with Gasteiger partial charge in [-0.25, -0.2) is 4.98 Å². The number of pyridine rings is 1. The van der Waals surface area contributed by atoms with Crippen molar-refractivity contribution in [1.82, 2.24) is 4.98 Å². The van der Waals surface area contributed by atoms with Crippen LogP contribution in [0.5, 0.6) is 11.6 Å². The van der Waals surface area contributed by atoms with Crippen LogP contribution in [-0.2, 0) is 5.33 Å². The molecule has 0 amide bonds. The van der Waals surface area contributed by atoms with Crippen LogP contribution in [0.15, 0.2) is 34.9 Å². The van der Waals surface area contributed by atoms with Gasteiger partial charge in [-0.1, -0.05) is 37.9 Å². The zero-order valence-corrected chi connectivity index (χ0v) is 13.4. The van der Waals surface area contributed by atoms with Crippen LogP contribution >= 0.6 is 31.9 Å². The molecule has 94 valence electrons. The molecule has 0 spiro atoms. The van der Waals surface area contributed by atoms with E-state index in [4.69, 9.17) is 4.74 Å². The van der Waals surface area contributed by atoms with Crippen molar-refractivity contribution in [2.75, 3.05) is 0 Å². The zero-order valence-electron chi connectivity index (χ0n) is 10.2. The Morgan fingerprint density at radius 3 is 2.50 bits per heavy atom. The van der Waals surface area contributed by atoms with E-state index in [1.807, 2.05) is 38.1 Å². The van der Waals surface area contributed by atoms with E-state index in [1.165, 1.54) is 0 Å². The summed E-state index contributed by atoms with van der Waals surface area (Å²) in [7, 11) is 0. The lowest BCUT2D eigenvalue weighted by Crippen LogP contribution is -1.94. The Labute approximate surface area is 124 Å². The number of rotatable bonds is 3. The first-order valence-corrected chi connectivity index (χ1v) is 7.47. The van der Waals surface area contributed by atoms with Gasteiger partial charge in [0.25, 0.3) is 0 Å². The predicted octanol–water partition coefficient (Wildman–Crippen LogP) is 5.15. The molecule has 0 saturated carbocycles. The van der Waals surface area contributed by atoms with Gasteiger partial charge in [0, 0.05) is 21.6 Å². The van der Waals surface area contributed by atoms with Gasteiger partial charge >= 0.3 is 0 Å². The zero-order chi connectivity index (χ0) is 13.1. The highest BCUT2D eigenvalue weighted by atomic mass is 79.9. The second-order valence-electron chi connectivity index (χ2n) is 4.07. The Kier molecular flexibility index (Phi) is 4.40. The number of alkyl halides is 1. The molecule has 0 aliphatic rings. The molecule has 0 bridgehead atoms. The van der Waals surface area contributed by atoms with Gasteiger partial charge in [0.1, 0.15) is 5.75 Å². The molecule has 0 aliphatic carbocycles. The number of hydrogen-bond donors (Lipinski definition) is 0. The third-order valence-corrected chi connectivity index (χ3v) is 4.47. The number of hydrogen-bond acceptors (Lipinski definition) is 2. The number of nitrogens with zero attached hydrogens (tertiary/aromatic N) is 1. The van der Waals surface area contributed by atoms with Crippen LogP contribution < -0.4 is 4.74 Å². The largest absolute Gasteiger partial charge is 0.439 e. The van der Waals surface area contributed by atoms with Crippen LogP contribution in [0.3, 0.4) is 0 Å². The van der Waals surface area contributed by atoms with Gasteiger partial charge in [-0.2, -0.15) is 0 Å². The Bertz CT molecular complexity index is 546. The van der Waals surface area contributed by atoms with Gasteiger partial charge in [0.15, 0.2) is 0 Å². The van der Waals surface area contributed by atoms with Crippen molar-refractivity contribution in [2.45, 2.75) is 19.2 Å². The van der Waals surface area contributed by atoms with E-state index in [-0.39, 0.29) is 0 Å². The maximum absolute atomic E-state index is 5.86. The smallest absolute Gasteiger partial charge is 0.223 e. The second-order valence-corrected chi connectivity index (χ2v) is 5.43. The fourth-order valence-corrected chi connectivity index (χ4v) is 2.35.